The highest BCUT2D eigenvalue weighted by Gasteiger charge is 2.26. The number of aromatic nitrogens is 3. The van der Waals surface area contributed by atoms with Crippen molar-refractivity contribution < 1.29 is 4.79 Å². The van der Waals surface area contributed by atoms with E-state index < -0.39 is 0 Å². The van der Waals surface area contributed by atoms with Crippen molar-refractivity contribution in [3.63, 3.8) is 0 Å². The molecule has 2 aromatic carbocycles. The monoisotopic (exact) mass is 405 g/mol. The normalized spacial score (nSPS) is 12.0. The molecule has 1 unspecified atom stereocenters. The molecule has 0 aliphatic rings. The maximum atomic E-state index is 13.3. The number of ketones is 1. The van der Waals surface area contributed by atoms with E-state index in [1.54, 1.807) is 11.3 Å². The SMILES string of the molecule is CCn1c(SC(C(=O)c2ccccc2)c2ccccc2)nnc1-c1cccs1. The van der Waals surface area contributed by atoms with E-state index in [0.717, 1.165) is 28.0 Å². The highest BCUT2D eigenvalue weighted by Crippen LogP contribution is 2.38. The van der Waals surface area contributed by atoms with Crippen LogP contribution in [0.25, 0.3) is 10.7 Å². The molecule has 140 valence electrons. The summed E-state index contributed by atoms with van der Waals surface area (Å²) in [5.74, 6) is 0.916. The highest BCUT2D eigenvalue weighted by molar-refractivity contribution is 8.00. The van der Waals surface area contributed by atoms with Crippen LogP contribution in [0.1, 0.15) is 28.1 Å². The minimum Gasteiger partial charge on any atom is -0.302 e. The van der Waals surface area contributed by atoms with Crippen molar-refractivity contribution in [1.29, 1.82) is 0 Å². The summed E-state index contributed by atoms with van der Waals surface area (Å²) in [7, 11) is 0. The molecule has 0 bridgehead atoms. The third-order valence-corrected chi connectivity index (χ3v) is 6.50. The van der Waals surface area contributed by atoms with Crippen molar-refractivity contribution >= 4 is 28.9 Å². The molecular weight excluding hydrogens is 386 g/mol. The quantitative estimate of drug-likeness (QED) is 0.290. The first-order valence-electron chi connectivity index (χ1n) is 9.06. The van der Waals surface area contributed by atoms with Gasteiger partial charge < -0.3 is 4.57 Å². The van der Waals surface area contributed by atoms with Gasteiger partial charge in [-0.15, -0.1) is 21.5 Å². The molecule has 2 aromatic heterocycles. The van der Waals surface area contributed by atoms with Gasteiger partial charge >= 0.3 is 0 Å². The molecule has 0 saturated heterocycles. The summed E-state index contributed by atoms with van der Waals surface area (Å²) in [5.41, 5.74) is 1.66. The van der Waals surface area contributed by atoms with Gasteiger partial charge in [-0.05, 0) is 23.9 Å². The summed E-state index contributed by atoms with van der Waals surface area (Å²) in [4.78, 5) is 14.4. The zero-order valence-corrected chi connectivity index (χ0v) is 17.0. The van der Waals surface area contributed by atoms with Crippen LogP contribution >= 0.6 is 23.1 Å². The first-order chi connectivity index (χ1) is 13.8. The summed E-state index contributed by atoms with van der Waals surface area (Å²) in [6.07, 6.45) is 0. The van der Waals surface area contributed by atoms with E-state index in [4.69, 9.17) is 0 Å². The molecule has 6 heteroatoms. The van der Waals surface area contributed by atoms with Gasteiger partial charge in [0.15, 0.2) is 16.8 Å². The molecule has 0 saturated carbocycles. The lowest BCUT2D eigenvalue weighted by atomic mass is 10.0. The number of thioether (sulfide) groups is 1. The van der Waals surface area contributed by atoms with Crippen molar-refractivity contribution in [1.82, 2.24) is 14.8 Å². The Balaban J connectivity index is 1.72. The van der Waals surface area contributed by atoms with Gasteiger partial charge in [0.25, 0.3) is 0 Å². The number of hydrogen-bond acceptors (Lipinski definition) is 5. The third-order valence-electron chi connectivity index (χ3n) is 4.40. The van der Waals surface area contributed by atoms with Crippen LogP contribution in [0.15, 0.2) is 83.3 Å². The Morgan fingerprint density at radius 2 is 1.71 bits per heavy atom. The Morgan fingerprint density at radius 1 is 1.00 bits per heavy atom. The lowest BCUT2D eigenvalue weighted by Gasteiger charge is -2.16. The van der Waals surface area contributed by atoms with Crippen molar-refractivity contribution in [2.75, 3.05) is 0 Å². The van der Waals surface area contributed by atoms with Crippen LogP contribution in [-0.2, 0) is 6.54 Å². The fourth-order valence-electron chi connectivity index (χ4n) is 3.01. The van der Waals surface area contributed by atoms with Crippen LogP contribution in [0, 0.1) is 0 Å². The average molecular weight is 406 g/mol. The lowest BCUT2D eigenvalue weighted by molar-refractivity contribution is 0.0989. The summed E-state index contributed by atoms with van der Waals surface area (Å²) in [6.45, 7) is 2.81. The smallest absolute Gasteiger partial charge is 0.192 e. The van der Waals surface area contributed by atoms with Gasteiger partial charge in [-0.1, -0.05) is 78.5 Å². The predicted octanol–water partition coefficient (Wildman–Crippen LogP) is 5.74. The van der Waals surface area contributed by atoms with Gasteiger partial charge in [-0.3, -0.25) is 4.79 Å². The number of nitrogens with zero attached hydrogens (tertiary/aromatic N) is 3. The van der Waals surface area contributed by atoms with E-state index in [2.05, 4.69) is 21.7 Å². The molecule has 4 nitrogen and oxygen atoms in total. The second kappa shape index (κ2) is 8.54. The van der Waals surface area contributed by atoms with Crippen LogP contribution < -0.4 is 0 Å². The first-order valence-corrected chi connectivity index (χ1v) is 10.8. The number of carbonyl (C=O) groups is 1. The van der Waals surface area contributed by atoms with Crippen LogP contribution in [-0.4, -0.2) is 20.5 Å². The van der Waals surface area contributed by atoms with E-state index in [1.807, 2.05) is 78.2 Å². The zero-order chi connectivity index (χ0) is 19.3. The van der Waals surface area contributed by atoms with E-state index in [-0.39, 0.29) is 11.0 Å². The Hall–Kier alpha value is -2.70. The number of benzene rings is 2. The number of Topliss-reactive ketones (excluding diaryl/α,β-unsaturated/α-hetero) is 1. The molecule has 0 aliphatic carbocycles. The molecule has 0 spiro atoms. The van der Waals surface area contributed by atoms with Gasteiger partial charge in [0, 0.05) is 12.1 Å². The van der Waals surface area contributed by atoms with Gasteiger partial charge in [0.05, 0.1) is 4.88 Å². The molecule has 0 radical (unpaired) electrons. The predicted molar refractivity (Wildman–Crippen MR) is 115 cm³/mol. The van der Waals surface area contributed by atoms with Crippen molar-refractivity contribution in [3.8, 4) is 10.7 Å². The molecular formula is C22H19N3OS2. The minimum atomic E-state index is -0.380. The van der Waals surface area contributed by atoms with E-state index in [9.17, 15) is 4.79 Å². The van der Waals surface area contributed by atoms with E-state index in [1.165, 1.54) is 11.8 Å². The first kappa shape index (κ1) is 18.7. The zero-order valence-electron chi connectivity index (χ0n) is 15.4. The van der Waals surface area contributed by atoms with Crippen LogP contribution in [0.3, 0.4) is 0 Å². The summed E-state index contributed by atoms with van der Waals surface area (Å²) in [6, 6.07) is 23.3. The molecule has 28 heavy (non-hydrogen) atoms. The Kier molecular flexibility index (Phi) is 5.69. The molecule has 4 aromatic rings. The molecule has 0 N–H and O–H groups in total. The molecule has 0 aliphatic heterocycles. The molecule has 2 heterocycles. The Labute approximate surface area is 172 Å². The van der Waals surface area contributed by atoms with Gasteiger partial charge in [0.1, 0.15) is 5.25 Å². The second-order valence-electron chi connectivity index (χ2n) is 6.17. The fourth-order valence-corrected chi connectivity index (χ4v) is 4.90. The van der Waals surface area contributed by atoms with E-state index in [0.29, 0.717) is 5.56 Å². The van der Waals surface area contributed by atoms with Crippen molar-refractivity contribution in [3.05, 3.63) is 89.3 Å². The highest BCUT2D eigenvalue weighted by atomic mass is 32.2. The minimum absolute atomic E-state index is 0.0696. The topological polar surface area (TPSA) is 47.8 Å². The maximum absolute atomic E-state index is 13.3. The molecule has 0 fully saturated rings. The maximum Gasteiger partial charge on any atom is 0.192 e. The van der Waals surface area contributed by atoms with Gasteiger partial charge in [-0.2, -0.15) is 0 Å². The average Bonchev–Trinajstić information content (AvgIpc) is 3.42. The largest absolute Gasteiger partial charge is 0.302 e. The Morgan fingerprint density at radius 3 is 2.36 bits per heavy atom. The van der Waals surface area contributed by atoms with Gasteiger partial charge in [0.2, 0.25) is 0 Å². The van der Waals surface area contributed by atoms with Crippen molar-refractivity contribution in [2.24, 2.45) is 0 Å². The van der Waals surface area contributed by atoms with Gasteiger partial charge in [-0.25, -0.2) is 0 Å². The lowest BCUT2D eigenvalue weighted by Crippen LogP contribution is -2.11. The number of rotatable bonds is 7. The third kappa shape index (κ3) is 3.79. The van der Waals surface area contributed by atoms with Crippen LogP contribution in [0.2, 0.25) is 0 Å². The molecule has 0 amide bonds. The molecule has 1 atom stereocenters. The fraction of sp³-hybridized carbons (Fsp3) is 0.136. The van der Waals surface area contributed by atoms with Crippen LogP contribution in [0.4, 0.5) is 0 Å². The van der Waals surface area contributed by atoms with E-state index >= 15 is 0 Å². The molecule has 4 rings (SSSR count). The summed E-state index contributed by atoms with van der Waals surface area (Å²) < 4.78 is 2.07. The number of hydrogen-bond donors (Lipinski definition) is 0. The van der Waals surface area contributed by atoms with Crippen molar-refractivity contribution in [2.45, 2.75) is 23.9 Å². The van der Waals surface area contributed by atoms with Crippen LogP contribution in [0.5, 0.6) is 0 Å². The summed E-state index contributed by atoms with van der Waals surface area (Å²) in [5, 5.41) is 11.2. The second-order valence-corrected chi connectivity index (χ2v) is 8.19. The standard InChI is InChI=1S/C22H19N3OS2/c1-2-25-21(18-14-9-15-27-18)23-24-22(25)28-20(17-12-7-4-8-13-17)19(26)16-10-5-3-6-11-16/h3-15,20H,2H2,1H3. The summed E-state index contributed by atoms with van der Waals surface area (Å²) >= 11 is 3.10. The number of thiophene rings is 1. The Bertz CT molecular complexity index is 1040. The number of carbonyl (C=O) groups excluding carboxylic acids is 1.